The van der Waals surface area contributed by atoms with Gasteiger partial charge in [-0.05, 0) is 25.0 Å². The Morgan fingerprint density at radius 2 is 2.07 bits per heavy atom. The summed E-state index contributed by atoms with van der Waals surface area (Å²) in [5.41, 5.74) is 1.57. The molecule has 1 fully saturated rings. The predicted molar refractivity (Wildman–Crippen MR) is 59.7 cm³/mol. The number of benzene rings is 1. The fraction of sp³-hybridized carbons (Fsp3) is 0.538. The average molecular weight is 206 g/mol. The molecular formula is C13H18O2. The third-order valence-electron chi connectivity index (χ3n) is 3.18. The van der Waals surface area contributed by atoms with Crippen molar-refractivity contribution in [3.63, 3.8) is 0 Å². The van der Waals surface area contributed by atoms with Gasteiger partial charge >= 0.3 is 0 Å². The molecule has 1 aliphatic carbocycles. The van der Waals surface area contributed by atoms with E-state index in [1.807, 2.05) is 38.1 Å². The lowest BCUT2D eigenvalue weighted by molar-refractivity contribution is -0.143. The first kappa shape index (κ1) is 10.7. The first-order valence-corrected chi connectivity index (χ1v) is 5.56. The van der Waals surface area contributed by atoms with Crippen molar-refractivity contribution in [1.82, 2.24) is 0 Å². The van der Waals surface area contributed by atoms with Gasteiger partial charge in [0.15, 0.2) is 0 Å². The van der Waals surface area contributed by atoms with E-state index >= 15 is 0 Å². The van der Waals surface area contributed by atoms with Crippen molar-refractivity contribution in [2.45, 2.75) is 38.4 Å². The number of hydrogen-bond acceptors (Lipinski definition) is 2. The van der Waals surface area contributed by atoms with Crippen molar-refractivity contribution in [2.75, 3.05) is 6.61 Å². The summed E-state index contributed by atoms with van der Waals surface area (Å²) in [6, 6.07) is 8.04. The summed E-state index contributed by atoms with van der Waals surface area (Å²) in [5.74, 6) is 0. The van der Waals surface area contributed by atoms with Crippen LogP contribution >= 0.6 is 0 Å². The summed E-state index contributed by atoms with van der Waals surface area (Å²) < 4.78 is 5.47. The van der Waals surface area contributed by atoms with Crippen molar-refractivity contribution >= 4 is 0 Å². The molecule has 1 N–H and O–H groups in total. The van der Waals surface area contributed by atoms with Gasteiger partial charge in [-0.3, -0.25) is 0 Å². The quantitative estimate of drug-likeness (QED) is 0.822. The van der Waals surface area contributed by atoms with Crippen LogP contribution in [0.25, 0.3) is 0 Å². The predicted octanol–water partition coefficient (Wildman–Crippen LogP) is 2.38. The molecule has 2 nitrogen and oxygen atoms in total. The SMILES string of the molecule is CCOC1CC(O)(c2ccccc2C)C1. The van der Waals surface area contributed by atoms with E-state index in [2.05, 4.69) is 0 Å². The Bertz CT molecular complexity index is 340. The van der Waals surface area contributed by atoms with Crippen LogP contribution in [0.3, 0.4) is 0 Å². The highest BCUT2D eigenvalue weighted by Gasteiger charge is 2.45. The number of aliphatic hydroxyl groups is 1. The van der Waals surface area contributed by atoms with Gasteiger partial charge in [0.2, 0.25) is 0 Å². The molecule has 15 heavy (non-hydrogen) atoms. The third-order valence-corrected chi connectivity index (χ3v) is 3.18. The second-order valence-electron chi connectivity index (χ2n) is 4.33. The Labute approximate surface area is 90.9 Å². The van der Waals surface area contributed by atoms with Crippen LogP contribution in [0.4, 0.5) is 0 Å². The second-order valence-corrected chi connectivity index (χ2v) is 4.33. The van der Waals surface area contributed by atoms with Crippen molar-refractivity contribution in [1.29, 1.82) is 0 Å². The van der Waals surface area contributed by atoms with Crippen LogP contribution in [0.2, 0.25) is 0 Å². The van der Waals surface area contributed by atoms with E-state index in [1.165, 1.54) is 0 Å². The van der Waals surface area contributed by atoms with E-state index in [9.17, 15) is 5.11 Å². The Morgan fingerprint density at radius 1 is 1.40 bits per heavy atom. The zero-order chi connectivity index (χ0) is 10.9. The highest BCUT2D eigenvalue weighted by Crippen LogP contribution is 2.43. The topological polar surface area (TPSA) is 29.5 Å². The van der Waals surface area contributed by atoms with E-state index < -0.39 is 5.60 Å². The van der Waals surface area contributed by atoms with Crippen LogP contribution in [0.1, 0.15) is 30.9 Å². The summed E-state index contributed by atoms with van der Waals surface area (Å²) in [6.07, 6.45) is 1.69. The summed E-state index contributed by atoms with van der Waals surface area (Å²) in [4.78, 5) is 0. The van der Waals surface area contributed by atoms with Gasteiger partial charge in [0.05, 0.1) is 11.7 Å². The van der Waals surface area contributed by atoms with E-state index in [4.69, 9.17) is 4.74 Å². The fourth-order valence-electron chi connectivity index (χ4n) is 2.36. The minimum atomic E-state index is -0.648. The lowest BCUT2D eigenvalue weighted by Gasteiger charge is -2.44. The molecule has 0 spiro atoms. The molecule has 82 valence electrons. The highest BCUT2D eigenvalue weighted by atomic mass is 16.5. The smallest absolute Gasteiger partial charge is 0.0948 e. The average Bonchev–Trinajstić information content (AvgIpc) is 2.16. The van der Waals surface area contributed by atoms with Gasteiger partial charge in [0.25, 0.3) is 0 Å². The van der Waals surface area contributed by atoms with Crippen LogP contribution < -0.4 is 0 Å². The molecule has 1 aromatic carbocycles. The first-order chi connectivity index (χ1) is 7.15. The Morgan fingerprint density at radius 3 is 2.67 bits per heavy atom. The van der Waals surface area contributed by atoms with Gasteiger partial charge in [0, 0.05) is 19.4 Å². The van der Waals surface area contributed by atoms with Gasteiger partial charge in [-0.2, -0.15) is 0 Å². The van der Waals surface area contributed by atoms with Crippen LogP contribution in [-0.4, -0.2) is 17.8 Å². The number of ether oxygens (including phenoxy) is 1. The Hall–Kier alpha value is -0.860. The minimum absolute atomic E-state index is 0.236. The highest BCUT2D eigenvalue weighted by molar-refractivity contribution is 5.33. The molecule has 0 heterocycles. The van der Waals surface area contributed by atoms with Crippen LogP contribution in [0, 0.1) is 6.92 Å². The van der Waals surface area contributed by atoms with Gasteiger partial charge < -0.3 is 9.84 Å². The Kier molecular flexibility index (Phi) is 2.81. The van der Waals surface area contributed by atoms with Crippen molar-refractivity contribution in [3.8, 4) is 0 Å². The molecule has 0 bridgehead atoms. The van der Waals surface area contributed by atoms with E-state index in [1.54, 1.807) is 0 Å². The maximum absolute atomic E-state index is 10.4. The number of hydrogen-bond donors (Lipinski definition) is 1. The zero-order valence-electron chi connectivity index (χ0n) is 9.36. The molecule has 0 radical (unpaired) electrons. The van der Waals surface area contributed by atoms with Crippen LogP contribution in [0.5, 0.6) is 0 Å². The standard InChI is InChI=1S/C13H18O2/c1-3-15-11-8-13(14,9-11)12-7-5-4-6-10(12)2/h4-7,11,14H,3,8-9H2,1-2H3. The number of rotatable bonds is 3. The third kappa shape index (κ3) is 1.92. The van der Waals surface area contributed by atoms with Gasteiger partial charge in [-0.25, -0.2) is 0 Å². The van der Waals surface area contributed by atoms with Crippen molar-refractivity contribution < 1.29 is 9.84 Å². The molecule has 1 aliphatic rings. The molecule has 0 saturated heterocycles. The molecular weight excluding hydrogens is 188 g/mol. The lowest BCUT2D eigenvalue weighted by Crippen LogP contribution is -2.46. The van der Waals surface area contributed by atoms with Gasteiger partial charge in [0.1, 0.15) is 0 Å². The lowest BCUT2D eigenvalue weighted by atomic mass is 9.71. The Balaban J connectivity index is 2.10. The van der Waals surface area contributed by atoms with Crippen molar-refractivity contribution in [3.05, 3.63) is 35.4 Å². The molecule has 2 rings (SSSR count). The molecule has 1 saturated carbocycles. The first-order valence-electron chi connectivity index (χ1n) is 5.56. The van der Waals surface area contributed by atoms with Gasteiger partial charge in [-0.1, -0.05) is 24.3 Å². The van der Waals surface area contributed by atoms with Crippen molar-refractivity contribution in [2.24, 2.45) is 0 Å². The molecule has 0 aliphatic heterocycles. The normalized spacial score (nSPS) is 29.9. The number of aryl methyl sites for hydroxylation is 1. The summed E-state index contributed by atoms with van der Waals surface area (Å²) >= 11 is 0. The van der Waals surface area contributed by atoms with E-state index in [-0.39, 0.29) is 6.10 Å². The maximum Gasteiger partial charge on any atom is 0.0948 e. The molecule has 2 heteroatoms. The fourth-order valence-corrected chi connectivity index (χ4v) is 2.36. The van der Waals surface area contributed by atoms with Crippen LogP contribution in [-0.2, 0) is 10.3 Å². The monoisotopic (exact) mass is 206 g/mol. The van der Waals surface area contributed by atoms with E-state index in [0.29, 0.717) is 0 Å². The van der Waals surface area contributed by atoms with E-state index in [0.717, 1.165) is 30.6 Å². The molecule has 0 unspecified atom stereocenters. The zero-order valence-corrected chi connectivity index (χ0v) is 9.36. The van der Waals surface area contributed by atoms with Crippen LogP contribution in [0.15, 0.2) is 24.3 Å². The van der Waals surface area contributed by atoms with Gasteiger partial charge in [-0.15, -0.1) is 0 Å². The largest absolute Gasteiger partial charge is 0.385 e. The molecule has 1 aromatic rings. The summed E-state index contributed by atoms with van der Waals surface area (Å²) in [6.45, 7) is 4.76. The molecule has 0 aromatic heterocycles. The molecule has 0 amide bonds. The summed E-state index contributed by atoms with van der Waals surface area (Å²) in [5, 5.41) is 10.4. The molecule has 0 atom stereocenters. The minimum Gasteiger partial charge on any atom is -0.385 e. The second kappa shape index (κ2) is 3.95. The summed E-state index contributed by atoms with van der Waals surface area (Å²) in [7, 11) is 0. The maximum atomic E-state index is 10.4.